The zero-order chi connectivity index (χ0) is 12.8. The van der Waals surface area contributed by atoms with Gasteiger partial charge in [-0.3, -0.25) is 4.90 Å². The predicted octanol–water partition coefficient (Wildman–Crippen LogP) is 1.65. The Labute approximate surface area is 108 Å². The Morgan fingerprint density at radius 1 is 1.44 bits per heavy atom. The Balaban J connectivity index is 2.07. The first kappa shape index (κ1) is 13.3. The van der Waals surface area contributed by atoms with Gasteiger partial charge in [0.25, 0.3) is 0 Å². The van der Waals surface area contributed by atoms with Crippen LogP contribution >= 0.6 is 0 Å². The van der Waals surface area contributed by atoms with Crippen LogP contribution in [-0.2, 0) is 4.74 Å². The van der Waals surface area contributed by atoms with Gasteiger partial charge in [-0.1, -0.05) is 18.2 Å². The van der Waals surface area contributed by atoms with Crippen molar-refractivity contribution in [2.75, 3.05) is 39.5 Å². The quantitative estimate of drug-likeness (QED) is 0.823. The minimum Gasteiger partial charge on any atom is -0.491 e. The van der Waals surface area contributed by atoms with Gasteiger partial charge >= 0.3 is 0 Å². The number of allylic oxidation sites excluding steroid dienone is 3. The lowest BCUT2D eigenvalue weighted by atomic mass is 10.1. The van der Waals surface area contributed by atoms with E-state index in [0.717, 1.165) is 37.5 Å². The van der Waals surface area contributed by atoms with Crippen LogP contribution in [0.4, 0.5) is 4.39 Å². The minimum absolute atomic E-state index is 0.130. The van der Waals surface area contributed by atoms with Crippen LogP contribution in [0.5, 0.6) is 0 Å². The lowest BCUT2D eigenvalue weighted by Gasteiger charge is -2.31. The average molecular weight is 252 g/mol. The van der Waals surface area contributed by atoms with E-state index in [4.69, 9.17) is 4.74 Å². The maximum atomic E-state index is 12.2. The van der Waals surface area contributed by atoms with Gasteiger partial charge in [0.15, 0.2) is 0 Å². The maximum absolute atomic E-state index is 12.2. The van der Waals surface area contributed by atoms with Crippen LogP contribution in [0.15, 0.2) is 35.6 Å². The monoisotopic (exact) mass is 252 g/mol. The zero-order valence-corrected chi connectivity index (χ0v) is 10.9. The molecule has 3 nitrogen and oxygen atoms in total. The Bertz CT molecular complexity index is 357. The van der Waals surface area contributed by atoms with Crippen LogP contribution < -0.4 is 5.32 Å². The van der Waals surface area contributed by atoms with Crippen molar-refractivity contribution in [3.05, 3.63) is 35.6 Å². The first-order valence-corrected chi connectivity index (χ1v) is 6.52. The van der Waals surface area contributed by atoms with E-state index in [1.807, 2.05) is 13.0 Å². The molecule has 0 aromatic heterocycles. The fourth-order valence-corrected chi connectivity index (χ4v) is 2.26. The van der Waals surface area contributed by atoms with Crippen molar-refractivity contribution in [1.82, 2.24) is 10.2 Å². The molecule has 100 valence electrons. The molecule has 2 rings (SSSR count). The lowest BCUT2D eigenvalue weighted by Crippen LogP contribution is -2.47. The Morgan fingerprint density at radius 2 is 2.22 bits per heavy atom. The number of hydrogen-bond acceptors (Lipinski definition) is 3. The van der Waals surface area contributed by atoms with Crippen molar-refractivity contribution < 1.29 is 9.13 Å². The van der Waals surface area contributed by atoms with E-state index in [1.165, 1.54) is 0 Å². The largest absolute Gasteiger partial charge is 0.491 e. The summed E-state index contributed by atoms with van der Waals surface area (Å²) in [6, 6.07) is 0.246. The van der Waals surface area contributed by atoms with Crippen LogP contribution in [0.1, 0.15) is 6.92 Å². The molecule has 1 unspecified atom stereocenters. The molecule has 2 aliphatic rings. The molecule has 0 spiro atoms. The standard InChI is InChI=1S/C14H21FN2O/c1-12-3-2-4-13(11-14(12)18-10-5-15)17-8-6-16-7-9-17/h2-4,11,13,16H,5-10H2,1H3. The van der Waals surface area contributed by atoms with Gasteiger partial charge < -0.3 is 10.1 Å². The molecule has 4 heteroatoms. The number of nitrogens with zero attached hydrogens (tertiary/aromatic N) is 1. The lowest BCUT2D eigenvalue weighted by molar-refractivity contribution is 0.185. The van der Waals surface area contributed by atoms with Gasteiger partial charge in [-0.05, 0) is 18.6 Å². The van der Waals surface area contributed by atoms with Crippen LogP contribution in [-0.4, -0.2) is 50.4 Å². The topological polar surface area (TPSA) is 24.5 Å². The Morgan fingerprint density at radius 3 is 2.94 bits per heavy atom. The summed E-state index contributed by atoms with van der Waals surface area (Å²) < 4.78 is 17.7. The Kier molecular flexibility index (Phi) is 4.96. The molecule has 1 atom stereocenters. The van der Waals surface area contributed by atoms with Crippen LogP contribution in [0.3, 0.4) is 0 Å². The highest BCUT2D eigenvalue weighted by molar-refractivity contribution is 5.34. The summed E-state index contributed by atoms with van der Waals surface area (Å²) >= 11 is 0. The second kappa shape index (κ2) is 6.71. The van der Waals surface area contributed by atoms with Gasteiger partial charge in [0, 0.05) is 26.2 Å². The molecule has 0 amide bonds. The van der Waals surface area contributed by atoms with E-state index < -0.39 is 6.67 Å². The van der Waals surface area contributed by atoms with Gasteiger partial charge in [0.2, 0.25) is 0 Å². The third-order valence-corrected chi connectivity index (χ3v) is 3.27. The van der Waals surface area contributed by atoms with Gasteiger partial charge in [-0.15, -0.1) is 0 Å². The highest BCUT2D eigenvalue weighted by Gasteiger charge is 2.18. The summed E-state index contributed by atoms with van der Waals surface area (Å²) in [5, 5.41) is 3.34. The summed E-state index contributed by atoms with van der Waals surface area (Å²) in [6.45, 7) is 5.77. The van der Waals surface area contributed by atoms with Gasteiger partial charge in [0.05, 0.1) is 6.04 Å². The maximum Gasteiger partial charge on any atom is 0.123 e. The van der Waals surface area contributed by atoms with E-state index in [9.17, 15) is 4.39 Å². The van der Waals surface area contributed by atoms with Crippen molar-refractivity contribution in [2.24, 2.45) is 0 Å². The number of rotatable bonds is 4. The molecule has 1 heterocycles. The smallest absolute Gasteiger partial charge is 0.123 e. The van der Waals surface area contributed by atoms with E-state index in [2.05, 4.69) is 28.4 Å². The zero-order valence-electron chi connectivity index (χ0n) is 10.9. The number of piperazine rings is 1. The van der Waals surface area contributed by atoms with Crippen molar-refractivity contribution in [3.63, 3.8) is 0 Å². The number of halogens is 1. The molecule has 0 bridgehead atoms. The molecule has 1 aliphatic carbocycles. The molecular formula is C14H21FN2O. The van der Waals surface area contributed by atoms with Gasteiger partial charge in [0.1, 0.15) is 19.0 Å². The number of hydrogen-bond donors (Lipinski definition) is 1. The summed E-state index contributed by atoms with van der Waals surface area (Å²) in [5.74, 6) is 0.807. The molecule has 1 N–H and O–H groups in total. The number of ether oxygens (including phenoxy) is 1. The predicted molar refractivity (Wildman–Crippen MR) is 71.1 cm³/mol. The number of alkyl halides is 1. The molecule has 18 heavy (non-hydrogen) atoms. The van der Waals surface area contributed by atoms with Crippen LogP contribution in [0.25, 0.3) is 0 Å². The van der Waals surface area contributed by atoms with Gasteiger partial charge in [-0.2, -0.15) is 0 Å². The SMILES string of the molecule is CC1=CC=CC(N2CCNCC2)C=C1OCCF. The minimum atomic E-state index is -0.448. The van der Waals surface area contributed by atoms with E-state index in [1.54, 1.807) is 0 Å². The molecule has 0 saturated carbocycles. The number of nitrogens with one attached hydrogen (secondary N) is 1. The normalized spacial score (nSPS) is 25.3. The highest BCUT2D eigenvalue weighted by Crippen LogP contribution is 2.18. The first-order valence-electron chi connectivity index (χ1n) is 6.52. The molecule has 0 aromatic rings. The van der Waals surface area contributed by atoms with Crippen LogP contribution in [0.2, 0.25) is 0 Å². The fraction of sp³-hybridized carbons (Fsp3) is 0.571. The van der Waals surface area contributed by atoms with E-state index in [0.29, 0.717) is 0 Å². The molecule has 0 radical (unpaired) electrons. The van der Waals surface area contributed by atoms with Crippen molar-refractivity contribution >= 4 is 0 Å². The Hall–Kier alpha value is -1.13. The summed E-state index contributed by atoms with van der Waals surface area (Å²) in [4.78, 5) is 2.40. The molecule has 1 saturated heterocycles. The third kappa shape index (κ3) is 3.43. The second-order valence-electron chi connectivity index (χ2n) is 4.58. The summed E-state index contributed by atoms with van der Waals surface area (Å²) in [7, 11) is 0. The second-order valence-corrected chi connectivity index (χ2v) is 4.58. The summed E-state index contributed by atoms with van der Waals surface area (Å²) in [5.41, 5.74) is 1.05. The van der Waals surface area contributed by atoms with Crippen molar-refractivity contribution in [3.8, 4) is 0 Å². The average Bonchev–Trinajstić information content (AvgIpc) is 2.60. The van der Waals surface area contributed by atoms with Crippen molar-refractivity contribution in [1.29, 1.82) is 0 Å². The molecule has 0 aromatic carbocycles. The van der Waals surface area contributed by atoms with E-state index in [-0.39, 0.29) is 12.6 Å². The van der Waals surface area contributed by atoms with Crippen LogP contribution in [0, 0.1) is 0 Å². The highest BCUT2D eigenvalue weighted by atomic mass is 19.1. The molecular weight excluding hydrogens is 231 g/mol. The first-order chi connectivity index (χ1) is 8.81. The summed E-state index contributed by atoms with van der Waals surface area (Å²) in [6.07, 6.45) is 8.34. The fourth-order valence-electron chi connectivity index (χ4n) is 2.26. The molecule has 1 fully saturated rings. The van der Waals surface area contributed by atoms with E-state index >= 15 is 0 Å². The third-order valence-electron chi connectivity index (χ3n) is 3.27. The van der Waals surface area contributed by atoms with Crippen molar-refractivity contribution in [2.45, 2.75) is 13.0 Å². The molecule has 1 aliphatic heterocycles. The van der Waals surface area contributed by atoms with Gasteiger partial charge in [-0.25, -0.2) is 4.39 Å².